The van der Waals surface area contributed by atoms with Gasteiger partial charge in [-0.3, -0.25) is 0 Å². The van der Waals surface area contributed by atoms with E-state index < -0.39 is 0 Å². The quantitative estimate of drug-likeness (QED) is 0.428. The van der Waals surface area contributed by atoms with Gasteiger partial charge >= 0.3 is 0 Å². The molecule has 0 aromatic carbocycles. The van der Waals surface area contributed by atoms with Crippen molar-refractivity contribution in [2.45, 2.75) is 0 Å². The molecule has 0 saturated heterocycles. The average molecular weight is 95.1 g/mol. The lowest BCUT2D eigenvalue weighted by molar-refractivity contribution is 0.365. The molecule has 1 aliphatic heterocycles. The van der Waals surface area contributed by atoms with Gasteiger partial charge < -0.3 is 4.74 Å². The molecule has 0 atom stereocenters. The predicted molar refractivity (Wildman–Crippen MR) is 23.3 cm³/mol. The molecule has 7 heavy (non-hydrogen) atoms. The highest BCUT2D eigenvalue weighted by Gasteiger charge is 2.03. The van der Waals surface area contributed by atoms with Gasteiger partial charge in [-0.15, -0.1) is 0 Å². The number of nitrogens with zero attached hydrogens (tertiary/aromatic N) is 2. The van der Waals surface area contributed by atoms with Gasteiger partial charge in [-0.05, 0) is 0 Å². The maximum atomic E-state index is 8.04. The minimum Gasteiger partial charge on any atom is -0.468 e. The summed E-state index contributed by atoms with van der Waals surface area (Å²) < 4.78 is 4.64. The summed E-state index contributed by atoms with van der Waals surface area (Å²) in [4.78, 5) is 3.56. The molecule has 0 N–H and O–H groups in total. The van der Waals surface area contributed by atoms with Crippen molar-refractivity contribution < 1.29 is 4.74 Å². The zero-order chi connectivity index (χ0) is 5.11. The van der Waals surface area contributed by atoms with Crippen molar-refractivity contribution in [1.82, 2.24) is 0 Å². The Labute approximate surface area is 41.2 Å². The largest absolute Gasteiger partial charge is 0.468 e. The molecule has 0 unspecified atom stereocenters. The molecule has 0 amide bonds. The van der Waals surface area contributed by atoms with Gasteiger partial charge in [-0.1, -0.05) is 0 Å². The van der Waals surface area contributed by atoms with E-state index in [0.29, 0.717) is 6.61 Å². The van der Waals surface area contributed by atoms with Crippen LogP contribution in [0.3, 0.4) is 0 Å². The monoisotopic (exact) mass is 95.0 g/mol. The summed E-state index contributed by atoms with van der Waals surface area (Å²) in [6.45, 7) is 2.00. The van der Waals surface area contributed by atoms with E-state index in [4.69, 9.17) is 5.26 Å². The summed E-state index contributed by atoms with van der Waals surface area (Å²) in [6.07, 6.45) is 0. The molecule has 1 aliphatic rings. The van der Waals surface area contributed by atoms with Crippen molar-refractivity contribution in [1.29, 1.82) is 5.26 Å². The minimum absolute atomic E-state index is 0.167. The molecule has 35 valence electrons. The lowest BCUT2D eigenvalue weighted by atomic mass is 10.7. The lowest BCUT2D eigenvalue weighted by Gasteiger charge is -1.83. The van der Waals surface area contributed by atoms with Gasteiger partial charge in [-0.25, -0.2) is 4.99 Å². The van der Waals surface area contributed by atoms with Crippen LogP contribution < -0.4 is 0 Å². The summed E-state index contributed by atoms with van der Waals surface area (Å²) in [7, 11) is 0. The van der Waals surface area contributed by atoms with Gasteiger partial charge in [0.05, 0.1) is 0 Å². The number of nitriles is 1. The fourth-order valence-corrected chi connectivity index (χ4v) is 0.335. The highest BCUT2D eigenvalue weighted by Crippen LogP contribution is 1.95. The van der Waals surface area contributed by atoms with Gasteiger partial charge in [0.1, 0.15) is 13.2 Å². The number of rotatable bonds is 0. The topological polar surface area (TPSA) is 45.4 Å². The van der Waals surface area contributed by atoms with Crippen LogP contribution in [0.5, 0.6) is 0 Å². The molecule has 3 nitrogen and oxygen atoms in total. The number of aliphatic imine (C=N–C) groups is 1. The molecule has 0 saturated carbocycles. The smallest absolute Gasteiger partial charge is 0.291 e. The summed E-state index contributed by atoms with van der Waals surface area (Å²) in [5.41, 5.74) is 0. The molecule has 0 aliphatic carbocycles. The van der Waals surface area contributed by atoms with E-state index in [2.05, 4.69) is 9.73 Å². The molecule has 0 spiro atoms. The maximum Gasteiger partial charge on any atom is 0.291 e. The molecule has 3 heteroatoms. The molecule has 0 bridgehead atoms. The number of hydrogen-bond acceptors (Lipinski definition) is 3. The lowest BCUT2D eigenvalue weighted by Crippen LogP contribution is -1.91. The molecule has 0 fully saturated rings. The Bertz CT molecular complexity index is 133. The van der Waals surface area contributed by atoms with E-state index in [1.165, 1.54) is 0 Å². The Balaban J connectivity index is 2.57. The molecule has 1 heterocycles. The molecule has 1 radical (unpaired) electrons. The van der Waals surface area contributed by atoms with E-state index in [-0.39, 0.29) is 5.90 Å². The Kier molecular flexibility index (Phi) is 0.947. The second-order valence-corrected chi connectivity index (χ2v) is 1.04. The van der Waals surface area contributed by atoms with Gasteiger partial charge in [0.2, 0.25) is 0 Å². The highest BCUT2D eigenvalue weighted by atomic mass is 16.5. The zero-order valence-corrected chi connectivity index (χ0v) is 3.59. The zero-order valence-electron chi connectivity index (χ0n) is 3.59. The SMILES string of the molecule is N#CC1=N[CH]CO1. The van der Waals surface area contributed by atoms with Gasteiger partial charge in [0.25, 0.3) is 5.90 Å². The summed E-state index contributed by atoms with van der Waals surface area (Å²) >= 11 is 0. The standard InChI is InChI=1S/C4H3N2O/c5-3-4-6-1-2-7-4/h1H,2H2. The van der Waals surface area contributed by atoms with Crippen LogP contribution >= 0.6 is 0 Å². The van der Waals surface area contributed by atoms with E-state index in [9.17, 15) is 0 Å². The number of hydrogen-bond donors (Lipinski definition) is 0. The fourth-order valence-electron chi connectivity index (χ4n) is 0.335. The van der Waals surface area contributed by atoms with E-state index in [1.54, 1.807) is 12.6 Å². The fraction of sp³-hybridized carbons (Fsp3) is 0.250. The van der Waals surface area contributed by atoms with Crippen molar-refractivity contribution in [3.8, 4) is 6.07 Å². The van der Waals surface area contributed by atoms with E-state index in [1.807, 2.05) is 0 Å². The van der Waals surface area contributed by atoms with Crippen molar-refractivity contribution in [2.24, 2.45) is 4.99 Å². The Hall–Kier alpha value is -1.04. The molecule has 0 aromatic rings. The highest BCUT2D eigenvalue weighted by molar-refractivity contribution is 5.92. The van der Waals surface area contributed by atoms with Crippen molar-refractivity contribution >= 4 is 5.90 Å². The summed E-state index contributed by atoms with van der Waals surface area (Å²) in [6, 6.07) is 1.76. The van der Waals surface area contributed by atoms with Crippen LogP contribution in [0.2, 0.25) is 0 Å². The van der Waals surface area contributed by atoms with Gasteiger partial charge in [-0.2, -0.15) is 5.26 Å². The predicted octanol–water partition coefficient (Wildman–Crippen LogP) is 0.100. The Morgan fingerprint density at radius 1 is 2.00 bits per heavy atom. The Morgan fingerprint density at radius 3 is 3.14 bits per heavy atom. The second-order valence-electron chi connectivity index (χ2n) is 1.04. The van der Waals surface area contributed by atoms with Crippen molar-refractivity contribution in [3.05, 3.63) is 6.54 Å². The normalized spacial score (nSPS) is 17.3. The maximum absolute atomic E-state index is 8.04. The summed E-state index contributed by atoms with van der Waals surface area (Å²) in [5.74, 6) is 0.167. The third-order valence-corrected chi connectivity index (χ3v) is 0.599. The second kappa shape index (κ2) is 1.61. The van der Waals surface area contributed by atoms with Crippen LogP contribution in [0.25, 0.3) is 0 Å². The van der Waals surface area contributed by atoms with Crippen molar-refractivity contribution in [3.63, 3.8) is 0 Å². The van der Waals surface area contributed by atoms with Crippen LogP contribution in [-0.4, -0.2) is 12.5 Å². The van der Waals surface area contributed by atoms with Crippen LogP contribution in [0.4, 0.5) is 0 Å². The van der Waals surface area contributed by atoms with E-state index in [0.717, 1.165) is 0 Å². The third-order valence-electron chi connectivity index (χ3n) is 0.599. The first-order chi connectivity index (χ1) is 3.43. The van der Waals surface area contributed by atoms with Crippen LogP contribution in [0.1, 0.15) is 0 Å². The van der Waals surface area contributed by atoms with Crippen LogP contribution in [0.15, 0.2) is 4.99 Å². The van der Waals surface area contributed by atoms with E-state index >= 15 is 0 Å². The number of ether oxygens (including phenoxy) is 1. The summed E-state index contributed by atoms with van der Waals surface area (Å²) in [5, 5.41) is 8.04. The first kappa shape index (κ1) is 4.13. The van der Waals surface area contributed by atoms with Gasteiger partial charge in [0.15, 0.2) is 6.07 Å². The molecular formula is C4H3N2O. The molecular weight excluding hydrogens is 92.1 g/mol. The van der Waals surface area contributed by atoms with Crippen molar-refractivity contribution in [2.75, 3.05) is 6.61 Å². The van der Waals surface area contributed by atoms with Gasteiger partial charge in [0, 0.05) is 0 Å². The molecule has 1 rings (SSSR count). The first-order valence-electron chi connectivity index (χ1n) is 1.86. The first-order valence-corrected chi connectivity index (χ1v) is 1.86. The minimum atomic E-state index is 0.167. The Morgan fingerprint density at radius 2 is 2.86 bits per heavy atom. The molecule has 0 aromatic heterocycles. The van der Waals surface area contributed by atoms with Crippen LogP contribution in [-0.2, 0) is 4.74 Å². The third kappa shape index (κ3) is 0.686. The average Bonchev–Trinajstić information content (AvgIpc) is 2.14. The van der Waals surface area contributed by atoms with Crippen LogP contribution in [0, 0.1) is 17.9 Å².